The third kappa shape index (κ3) is 1.64. The summed E-state index contributed by atoms with van der Waals surface area (Å²) in [6, 6.07) is 5.75. The number of fused-ring (bicyclic) bond motifs is 1. The van der Waals surface area contributed by atoms with Gasteiger partial charge in [0.05, 0.1) is 9.77 Å². The van der Waals surface area contributed by atoms with Crippen molar-refractivity contribution in [2.24, 2.45) is 0 Å². The molecule has 2 nitrogen and oxygen atoms in total. The van der Waals surface area contributed by atoms with Crippen molar-refractivity contribution in [2.45, 2.75) is 4.21 Å². The molecule has 0 aliphatic rings. The zero-order chi connectivity index (χ0) is 10.3. The Bertz CT molecular complexity index is 519. The van der Waals surface area contributed by atoms with Gasteiger partial charge in [-0.3, -0.25) is 0 Å². The van der Waals surface area contributed by atoms with E-state index in [9.17, 15) is 4.79 Å². The first-order valence-corrected chi connectivity index (χ1v) is 6.08. The Morgan fingerprint density at radius 2 is 2.21 bits per heavy atom. The molecule has 0 saturated heterocycles. The van der Waals surface area contributed by atoms with E-state index >= 15 is 0 Å². The van der Waals surface area contributed by atoms with Crippen LogP contribution >= 0.6 is 46.6 Å². The molecular weight excluding hydrogens is 331 g/mol. The monoisotopic (exact) mass is 336 g/mol. The molecule has 72 valence electrons. The average Bonchev–Trinajstić information content (AvgIpc) is 2.40. The molecular formula is C9H5IO2S2. The maximum Gasteiger partial charge on any atom is 0.338 e. The number of aromatic carboxylic acids is 1. The van der Waals surface area contributed by atoms with Crippen LogP contribution in [0.5, 0.6) is 0 Å². The zero-order valence-electron chi connectivity index (χ0n) is 6.82. The maximum atomic E-state index is 11.0. The Morgan fingerprint density at radius 1 is 1.50 bits per heavy atom. The van der Waals surface area contributed by atoms with Gasteiger partial charge >= 0.3 is 5.97 Å². The van der Waals surface area contributed by atoms with Gasteiger partial charge in [0.25, 0.3) is 0 Å². The second kappa shape index (κ2) is 3.71. The Morgan fingerprint density at radius 3 is 2.86 bits per heavy atom. The number of thiophene rings is 1. The van der Waals surface area contributed by atoms with E-state index in [0.29, 0.717) is 9.77 Å². The summed E-state index contributed by atoms with van der Waals surface area (Å²) in [5, 5.41) is 9.78. The van der Waals surface area contributed by atoms with Crippen LogP contribution in [0.25, 0.3) is 10.1 Å². The molecule has 0 saturated carbocycles. The van der Waals surface area contributed by atoms with Gasteiger partial charge in [0.2, 0.25) is 0 Å². The molecule has 0 radical (unpaired) electrons. The number of carboxylic acid groups (broad SMARTS) is 1. The fourth-order valence-electron chi connectivity index (χ4n) is 1.26. The summed E-state index contributed by atoms with van der Waals surface area (Å²) in [6.45, 7) is 0. The number of hydrogen-bond donors (Lipinski definition) is 2. The lowest BCUT2D eigenvalue weighted by Gasteiger charge is -1.94. The van der Waals surface area contributed by atoms with Crippen LogP contribution in [0.2, 0.25) is 0 Å². The fraction of sp³-hybridized carbons (Fsp3) is 0. The molecule has 0 bridgehead atoms. The van der Waals surface area contributed by atoms with Gasteiger partial charge in [0.1, 0.15) is 0 Å². The Labute approximate surface area is 103 Å². The SMILES string of the molecule is O=C(O)c1c(S)sc2ccc(I)cc12. The number of rotatable bonds is 1. The predicted octanol–water partition coefficient (Wildman–Crippen LogP) is 3.49. The van der Waals surface area contributed by atoms with Crippen molar-refractivity contribution in [1.29, 1.82) is 0 Å². The first kappa shape index (κ1) is 10.3. The van der Waals surface area contributed by atoms with Crippen molar-refractivity contribution in [1.82, 2.24) is 0 Å². The highest BCUT2D eigenvalue weighted by Gasteiger charge is 2.15. The molecule has 1 aromatic carbocycles. The number of benzene rings is 1. The molecule has 0 atom stereocenters. The lowest BCUT2D eigenvalue weighted by atomic mass is 10.2. The molecule has 0 spiro atoms. The van der Waals surface area contributed by atoms with E-state index in [-0.39, 0.29) is 0 Å². The molecule has 0 aliphatic heterocycles. The van der Waals surface area contributed by atoms with Gasteiger partial charge < -0.3 is 5.11 Å². The second-order valence-electron chi connectivity index (χ2n) is 2.73. The summed E-state index contributed by atoms with van der Waals surface area (Å²) in [6.07, 6.45) is 0. The van der Waals surface area contributed by atoms with Gasteiger partial charge in [-0.1, -0.05) is 0 Å². The largest absolute Gasteiger partial charge is 0.478 e. The predicted molar refractivity (Wildman–Crippen MR) is 68.8 cm³/mol. The average molecular weight is 336 g/mol. The molecule has 0 fully saturated rings. The molecule has 2 rings (SSSR count). The first-order chi connectivity index (χ1) is 6.59. The van der Waals surface area contributed by atoms with Gasteiger partial charge in [0, 0.05) is 13.7 Å². The van der Waals surface area contributed by atoms with Crippen LogP contribution in [-0.4, -0.2) is 11.1 Å². The summed E-state index contributed by atoms with van der Waals surface area (Å²) in [7, 11) is 0. The zero-order valence-corrected chi connectivity index (χ0v) is 10.7. The van der Waals surface area contributed by atoms with Crippen LogP contribution in [0.1, 0.15) is 10.4 Å². The molecule has 0 aliphatic carbocycles. The van der Waals surface area contributed by atoms with E-state index in [1.165, 1.54) is 11.3 Å². The third-order valence-electron chi connectivity index (χ3n) is 1.85. The summed E-state index contributed by atoms with van der Waals surface area (Å²) >= 11 is 7.72. The molecule has 1 N–H and O–H groups in total. The van der Waals surface area contributed by atoms with Crippen molar-refractivity contribution >= 4 is 62.6 Å². The Balaban J connectivity index is 2.86. The lowest BCUT2D eigenvalue weighted by molar-refractivity contribution is 0.0696. The van der Waals surface area contributed by atoms with Gasteiger partial charge in [-0.25, -0.2) is 4.79 Å². The summed E-state index contributed by atoms with van der Waals surface area (Å²) in [5.74, 6) is -0.914. The van der Waals surface area contributed by atoms with E-state index in [1.807, 2.05) is 18.2 Å². The molecule has 0 amide bonds. The minimum atomic E-state index is -0.914. The van der Waals surface area contributed by atoms with E-state index in [1.54, 1.807) is 0 Å². The van der Waals surface area contributed by atoms with Crippen LogP contribution in [0.3, 0.4) is 0 Å². The van der Waals surface area contributed by atoms with Gasteiger partial charge in [0.15, 0.2) is 0 Å². The summed E-state index contributed by atoms with van der Waals surface area (Å²) < 4.78 is 2.56. The molecule has 2 aromatic rings. The highest BCUT2D eigenvalue weighted by Crippen LogP contribution is 2.34. The highest BCUT2D eigenvalue weighted by atomic mass is 127. The van der Waals surface area contributed by atoms with E-state index in [0.717, 1.165) is 13.7 Å². The number of carbonyl (C=O) groups is 1. The minimum absolute atomic E-state index is 0.312. The first-order valence-electron chi connectivity index (χ1n) is 3.74. The van der Waals surface area contributed by atoms with Crippen molar-refractivity contribution in [2.75, 3.05) is 0 Å². The molecule has 1 aromatic heterocycles. The maximum absolute atomic E-state index is 11.0. The second-order valence-corrected chi connectivity index (χ2v) is 5.78. The summed E-state index contributed by atoms with van der Waals surface area (Å²) in [5.41, 5.74) is 0.312. The van der Waals surface area contributed by atoms with Crippen LogP contribution in [0.15, 0.2) is 22.4 Å². The van der Waals surface area contributed by atoms with Gasteiger partial charge in [-0.05, 0) is 40.8 Å². The fourth-order valence-corrected chi connectivity index (χ4v) is 3.18. The standard InChI is InChI=1S/C9H5IO2S2/c10-4-1-2-6-5(3-4)7(8(11)12)9(13)14-6/h1-3,13H,(H,11,12). The van der Waals surface area contributed by atoms with E-state index < -0.39 is 5.97 Å². The van der Waals surface area contributed by atoms with E-state index in [2.05, 4.69) is 35.2 Å². The minimum Gasteiger partial charge on any atom is -0.478 e. The molecule has 5 heteroatoms. The molecule has 0 unspecified atom stereocenters. The Kier molecular flexibility index (Phi) is 2.72. The van der Waals surface area contributed by atoms with Crippen LogP contribution in [-0.2, 0) is 0 Å². The van der Waals surface area contributed by atoms with Crippen LogP contribution < -0.4 is 0 Å². The number of hydrogen-bond acceptors (Lipinski definition) is 3. The van der Waals surface area contributed by atoms with Crippen molar-refractivity contribution < 1.29 is 9.90 Å². The van der Waals surface area contributed by atoms with Gasteiger partial charge in [-0.15, -0.1) is 24.0 Å². The van der Waals surface area contributed by atoms with Crippen molar-refractivity contribution in [3.63, 3.8) is 0 Å². The normalized spacial score (nSPS) is 10.7. The summed E-state index contributed by atoms with van der Waals surface area (Å²) in [4.78, 5) is 11.0. The van der Waals surface area contributed by atoms with Gasteiger partial charge in [-0.2, -0.15) is 0 Å². The van der Waals surface area contributed by atoms with Crippen LogP contribution in [0, 0.1) is 3.57 Å². The number of halogens is 1. The van der Waals surface area contributed by atoms with E-state index in [4.69, 9.17) is 5.11 Å². The highest BCUT2D eigenvalue weighted by molar-refractivity contribution is 14.1. The quantitative estimate of drug-likeness (QED) is 0.618. The smallest absolute Gasteiger partial charge is 0.338 e. The van der Waals surface area contributed by atoms with Crippen LogP contribution in [0.4, 0.5) is 0 Å². The third-order valence-corrected chi connectivity index (χ3v) is 3.99. The number of thiol groups is 1. The topological polar surface area (TPSA) is 37.3 Å². The molecule has 14 heavy (non-hydrogen) atoms. The van der Waals surface area contributed by atoms with Crippen molar-refractivity contribution in [3.05, 3.63) is 27.3 Å². The lowest BCUT2D eigenvalue weighted by Crippen LogP contribution is -1.95. The molecule has 1 heterocycles. The number of carboxylic acids is 1. The Hall–Kier alpha value is -0.270. The van der Waals surface area contributed by atoms with Crippen molar-refractivity contribution in [3.8, 4) is 0 Å².